The van der Waals surface area contributed by atoms with Crippen LogP contribution in [0.25, 0.3) is 0 Å². The molecule has 0 atom stereocenters. The van der Waals surface area contributed by atoms with Crippen molar-refractivity contribution in [3.8, 4) is 11.5 Å². The van der Waals surface area contributed by atoms with E-state index in [4.69, 9.17) is 4.74 Å². The van der Waals surface area contributed by atoms with Crippen LogP contribution >= 0.6 is 136 Å². The maximum absolute atomic E-state index is 6.17. The Labute approximate surface area is 193 Å². The van der Waals surface area contributed by atoms with Gasteiger partial charge in [0.2, 0.25) is 0 Å². The van der Waals surface area contributed by atoms with Gasteiger partial charge in [0.05, 0.1) is 14.3 Å². The Morgan fingerprint density at radius 1 is 0.526 bits per heavy atom. The largest absolute Gasteiger partial charge is 0.453 e. The van der Waals surface area contributed by atoms with Gasteiger partial charge >= 0.3 is 0 Å². The van der Waals surface area contributed by atoms with Crippen LogP contribution in [0.5, 0.6) is 11.5 Å². The average molecular weight is 926 g/mol. The van der Waals surface area contributed by atoms with Crippen molar-refractivity contribution in [1.82, 2.24) is 0 Å². The topological polar surface area (TPSA) is 9.23 Å². The van der Waals surface area contributed by atoms with Crippen molar-refractivity contribution < 1.29 is 4.74 Å². The predicted molar refractivity (Wildman–Crippen MR) is 129 cm³/mol. The summed E-state index contributed by atoms with van der Waals surface area (Å²) < 4.78 is 13.2. The Hall–Kier alpha value is 2.62. The molecule has 1 nitrogen and oxygen atoms in total. The van der Waals surface area contributed by atoms with Crippen LogP contribution < -0.4 is 4.74 Å². The summed E-state index contributed by atoms with van der Waals surface area (Å²) in [6.45, 7) is 0. The van der Waals surface area contributed by atoms with E-state index in [1.54, 1.807) is 0 Å². The predicted octanol–water partition coefficient (Wildman–Crippen LogP) is 7.11. The van der Waals surface area contributed by atoms with Gasteiger partial charge in [-0.25, -0.2) is 0 Å². The fraction of sp³-hybridized carbons (Fsp3) is 0. The molecule has 0 aliphatic heterocycles. The summed E-state index contributed by atoms with van der Waals surface area (Å²) in [6, 6.07) is 8.52. The Bertz CT molecular complexity index is 539. The molecule has 0 aliphatic carbocycles. The second-order valence-corrected chi connectivity index (χ2v) is 10.6. The van der Waals surface area contributed by atoms with E-state index in [1.807, 2.05) is 0 Å². The van der Waals surface area contributed by atoms with E-state index in [0.717, 1.165) is 25.8 Å². The molecule has 0 bridgehead atoms. The zero-order chi connectivity index (χ0) is 14.2. The van der Waals surface area contributed by atoms with Gasteiger partial charge in [0, 0.05) is 7.14 Å². The van der Waals surface area contributed by atoms with Gasteiger partial charge in [-0.3, -0.25) is 0 Å². The first-order valence-electron chi connectivity index (χ1n) is 4.85. The van der Waals surface area contributed by atoms with Gasteiger partial charge in [-0.2, -0.15) is 0 Å². The van der Waals surface area contributed by atoms with E-state index >= 15 is 0 Å². The van der Waals surface area contributed by atoms with Gasteiger partial charge in [0.1, 0.15) is 0 Å². The van der Waals surface area contributed by atoms with E-state index in [9.17, 15) is 0 Å². The van der Waals surface area contributed by atoms with E-state index in [-0.39, 0.29) is 0 Å². The van der Waals surface area contributed by atoms with Crippen LogP contribution in [0.15, 0.2) is 24.3 Å². The summed E-state index contributed by atoms with van der Waals surface area (Å²) in [4.78, 5) is 0. The highest BCUT2D eigenvalue weighted by molar-refractivity contribution is 14.1. The second kappa shape index (κ2) is 7.94. The fourth-order valence-corrected chi connectivity index (χ4v) is 8.96. The highest BCUT2D eigenvalue weighted by Crippen LogP contribution is 2.38. The maximum atomic E-state index is 6.17. The van der Waals surface area contributed by atoms with E-state index in [0.29, 0.717) is 0 Å². The number of hydrogen-bond acceptors (Lipinski definition) is 1. The van der Waals surface area contributed by atoms with Crippen LogP contribution in [-0.2, 0) is 0 Å². The van der Waals surface area contributed by atoms with Crippen molar-refractivity contribution in [3.63, 3.8) is 0 Å². The minimum absolute atomic E-state index is 0.943. The molecule has 19 heavy (non-hydrogen) atoms. The summed E-state index contributed by atoms with van der Waals surface area (Å²) in [7, 11) is 0. The molecule has 0 N–H and O–H groups in total. The molecule has 2 aromatic carbocycles. The second-order valence-electron chi connectivity index (χ2n) is 3.50. The molecule has 0 unspecified atom stereocenters. The molecule has 0 amide bonds. The van der Waals surface area contributed by atoms with E-state index in [2.05, 4.69) is 160 Å². The number of halogens is 6. The molecule has 0 radical (unpaired) electrons. The van der Waals surface area contributed by atoms with Crippen molar-refractivity contribution in [2.75, 3.05) is 0 Å². The molecule has 2 rings (SSSR count). The Morgan fingerprint density at radius 2 is 0.789 bits per heavy atom. The first kappa shape index (κ1) is 18.0. The molecule has 0 aliphatic rings. The molecule has 2 aromatic rings. The minimum atomic E-state index is 0.943. The number of hydrogen-bond donors (Lipinski definition) is 0. The maximum Gasteiger partial charge on any atom is 0.154 e. The van der Waals surface area contributed by atoms with Crippen LogP contribution in [-0.4, -0.2) is 0 Å². The van der Waals surface area contributed by atoms with Crippen molar-refractivity contribution in [1.29, 1.82) is 0 Å². The lowest BCUT2D eigenvalue weighted by molar-refractivity contribution is 0.469. The van der Waals surface area contributed by atoms with E-state index < -0.39 is 0 Å². The molecule has 100 valence electrons. The molecule has 0 saturated heterocycles. The van der Waals surface area contributed by atoms with Gasteiger partial charge in [-0.05, 0) is 160 Å². The molecular weight excluding hydrogens is 922 g/mol. The van der Waals surface area contributed by atoms with Crippen LogP contribution in [0, 0.1) is 21.4 Å². The van der Waals surface area contributed by atoms with Crippen LogP contribution in [0.2, 0.25) is 0 Å². The van der Waals surface area contributed by atoms with E-state index in [1.165, 1.54) is 7.14 Å². The zero-order valence-corrected chi connectivity index (χ0v) is 21.9. The minimum Gasteiger partial charge on any atom is -0.453 e. The third-order valence-electron chi connectivity index (χ3n) is 2.13. The number of ether oxygens (including phenoxy) is 1. The molecule has 0 fully saturated rings. The average Bonchev–Trinajstić information content (AvgIpc) is 2.25. The molecule has 0 saturated carbocycles. The first-order chi connectivity index (χ1) is 8.88. The Balaban J connectivity index is 2.48. The summed E-state index contributed by atoms with van der Waals surface area (Å²) in [5.74, 6) is 1.89. The highest BCUT2D eigenvalue weighted by Gasteiger charge is 2.14. The lowest BCUT2D eigenvalue weighted by Crippen LogP contribution is -1.96. The molecule has 7 heteroatoms. The molecule has 0 aromatic heterocycles. The first-order valence-corrected chi connectivity index (χ1v) is 11.3. The number of benzene rings is 2. The zero-order valence-electron chi connectivity index (χ0n) is 8.99. The third-order valence-corrected chi connectivity index (χ3v) is 6.58. The lowest BCUT2D eigenvalue weighted by Gasteiger charge is -2.14. The SMILES string of the molecule is Ic1cc(I)c(Oc2c(I)cc(I)cc2I)c(I)c1. The van der Waals surface area contributed by atoms with Crippen molar-refractivity contribution in [2.24, 2.45) is 0 Å². The van der Waals surface area contributed by atoms with Gasteiger partial charge in [0.15, 0.2) is 11.5 Å². The Morgan fingerprint density at radius 3 is 1.05 bits per heavy atom. The van der Waals surface area contributed by atoms with Crippen LogP contribution in [0.1, 0.15) is 0 Å². The molecular formula is C12H4I6O. The monoisotopic (exact) mass is 925 g/mol. The summed E-state index contributed by atoms with van der Waals surface area (Å²) >= 11 is 14.0. The summed E-state index contributed by atoms with van der Waals surface area (Å²) in [6.07, 6.45) is 0. The van der Waals surface area contributed by atoms with Gasteiger partial charge < -0.3 is 4.74 Å². The molecule has 0 heterocycles. The third kappa shape index (κ3) is 4.79. The number of rotatable bonds is 2. The summed E-state index contributed by atoms with van der Waals surface area (Å²) in [5, 5.41) is 0. The van der Waals surface area contributed by atoms with Gasteiger partial charge in [-0.15, -0.1) is 0 Å². The van der Waals surface area contributed by atoms with Gasteiger partial charge in [-0.1, -0.05) is 0 Å². The Kier molecular flexibility index (Phi) is 7.51. The van der Waals surface area contributed by atoms with Crippen molar-refractivity contribution >= 4 is 136 Å². The molecule has 0 spiro atoms. The highest BCUT2D eigenvalue weighted by atomic mass is 127. The van der Waals surface area contributed by atoms with Gasteiger partial charge in [0.25, 0.3) is 0 Å². The quantitative estimate of drug-likeness (QED) is 0.293. The van der Waals surface area contributed by atoms with Crippen LogP contribution in [0.3, 0.4) is 0 Å². The normalized spacial score (nSPS) is 10.6. The smallest absolute Gasteiger partial charge is 0.154 e. The van der Waals surface area contributed by atoms with Crippen LogP contribution in [0.4, 0.5) is 0 Å². The van der Waals surface area contributed by atoms with Crippen molar-refractivity contribution in [3.05, 3.63) is 45.7 Å². The van der Waals surface area contributed by atoms with Crippen molar-refractivity contribution in [2.45, 2.75) is 0 Å². The lowest BCUT2D eigenvalue weighted by atomic mass is 10.3. The fourth-order valence-electron chi connectivity index (χ4n) is 1.35. The summed E-state index contributed by atoms with van der Waals surface area (Å²) in [5.41, 5.74) is 0. The standard InChI is InChI=1S/C12H4I6O/c13-5-1-7(15)11(8(16)2-5)19-12-9(17)3-6(14)4-10(12)18/h1-4H.